The summed E-state index contributed by atoms with van der Waals surface area (Å²) in [7, 11) is 0. The maximum atomic E-state index is 11.1. The van der Waals surface area contributed by atoms with Crippen LogP contribution in [0, 0.1) is 0 Å². The van der Waals surface area contributed by atoms with Gasteiger partial charge in [-0.3, -0.25) is 4.79 Å². The van der Waals surface area contributed by atoms with Crippen LogP contribution in [0.4, 0.5) is 5.69 Å². The second kappa shape index (κ2) is 5.52. The molecular formula is C13H16ClNO2. The number of para-hydroxylation sites is 1. The van der Waals surface area contributed by atoms with Gasteiger partial charge in [0, 0.05) is 12.1 Å². The van der Waals surface area contributed by atoms with Gasteiger partial charge in [-0.25, -0.2) is 0 Å². The van der Waals surface area contributed by atoms with Gasteiger partial charge in [0.15, 0.2) is 6.29 Å². The predicted octanol–water partition coefficient (Wildman–Crippen LogP) is 2.50. The summed E-state index contributed by atoms with van der Waals surface area (Å²) < 4.78 is 0. The Morgan fingerprint density at radius 3 is 3.00 bits per heavy atom. The molecule has 0 amide bonds. The molecule has 0 saturated carbocycles. The number of aliphatic hydroxyl groups excluding tert-OH is 1. The fourth-order valence-corrected chi connectivity index (χ4v) is 2.71. The molecule has 0 spiro atoms. The van der Waals surface area contributed by atoms with Crippen molar-refractivity contribution in [3.63, 3.8) is 0 Å². The first-order chi connectivity index (χ1) is 8.27. The molecule has 0 radical (unpaired) electrons. The lowest BCUT2D eigenvalue weighted by atomic mass is 10.0. The molecule has 0 aliphatic carbocycles. The van der Waals surface area contributed by atoms with Gasteiger partial charge in [0.2, 0.25) is 0 Å². The fourth-order valence-electron chi connectivity index (χ4n) is 2.41. The number of halogens is 1. The normalized spacial score (nSPS) is 20.4. The Kier molecular flexibility index (Phi) is 4.02. The number of anilines is 1. The minimum Gasteiger partial charge on any atom is -0.394 e. The Labute approximate surface area is 106 Å². The van der Waals surface area contributed by atoms with Crippen molar-refractivity contribution >= 4 is 23.6 Å². The van der Waals surface area contributed by atoms with Gasteiger partial charge >= 0.3 is 0 Å². The molecule has 1 aliphatic heterocycles. The number of carbonyl (C=O) groups is 1. The van der Waals surface area contributed by atoms with Crippen molar-refractivity contribution in [2.24, 2.45) is 0 Å². The Morgan fingerprint density at radius 2 is 2.29 bits per heavy atom. The quantitative estimate of drug-likeness (QED) is 0.842. The van der Waals surface area contributed by atoms with E-state index in [9.17, 15) is 9.90 Å². The van der Waals surface area contributed by atoms with Crippen LogP contribution in [0.3, 0.4) is 0 Å². The maximum Gasteiger partial charge on any atom is 0.152 e. The van der Waals surface area contributed by atoms with Crippen LogP contribution in [0.1, 0.15) is 29.6 Å². The largest absolute Gasteiger partial charge is 0.394 e. The van der Waals surface area contributed by atoms with Gasteiger partial charge in [-0.05, 0) is 31.4 Å². The molecule has 1 aliphatic rings. The third-order valence-electron chi connectivity index (χ3n) is 3.27. The van der Waals surface area contributed by atoms with E-state index in [4.69, 9.17) is 11.6 Å². The van der Waals surface area contributed by atoms with Gasteiger partial charge in [-0.2, -0.15) is 0 Å². The minimum atomic E-state index is 0.0716. The molecule has 1 unspecified atom stereocenters. The highest BCUT2D eigenvalue weighted by molar-refractivity contribution is 6.34. The molecule has 3 nitrogen and oxygen atoms in total. The summed E-state index contributed by atoms with van der Waals surface area (Å²) in [6.45, 7) is 0.944. The summed E-state index contributed by atoms with van der Waals surface area (Å²) >= 11 is 6.18. The number of rotatable bonds is 3. The first kappa shape index (κ1) is 12.4. The minimum absolute atomic E-state index is 0.0716. The van der Waals surface area contributed by atoms with Crippen molar-refractivity contribution < 1.29 is 9.90 Å². The second-order valence-electron chi connectivity index (χ2n) is 4.32. The topological polar surface area (TPSA) is 40.5 Å². The lowest BCUT2D eigenvalue weighted by Crippen LogP contribution is -2.42. The van der Waals surface area contributed by atoms with E-state index < -0.39 is 0 Å². The van der Waals surface area contributed by atoms with Crippen molar-refractivity contribution in [1.82, 2.24) is 0 Å². The number of carbonyl (C=O) groups excluding carboxylic acids is 1. The molecule has 1 N–H and O–H groups in total. The maximum absolute atomic E-state index is 11.1. The molecule has 1 atom stereocenters. The summed E-state index contributed by atoms with van der Waals surface area (Å²) in [4.78, 5) is 13.1. The Hall–Kier alpha value is -1.06. The van der Waals surface area contributed by atoms with E-state index in [1.54, 1.807) is 18.2 Å². The number of piperidine rings is 1. The first-order valence-corrected chi connectivity index (χ1v) is 6.27. The van der Waals surface area contributed by atoms with Crippen molar-refractivity contribution in [2.75, 3.05) is 18.1 Å². The van der Waals surface area contributed by atoms with Crippen molar-refractivity contribution in [3.05, 3.63) is 28.8 Å². The van der Waals surface area contributed by atoms with E-state index in [0.717, 1.165) is 37.8 Å². The Morgan fingerprint density at radius 1 is 1.47 bits per heavy atom. The summed E-state index contributed by atoms with van der Waals surface area (Å²) in [5, 5.41) is 9.98. The fraction of sp³-hybridized carbons (Fsp3) is 0.462. The number of aliphatic hydroxyl groups is 1. The number of hydrogen-bond acceptors (Lipinski definition) is 3. The molecule has 1 aromatic rings. The second-order valence-corrected chi connectivity index (χ2v) is 4.73. The van der Waals surface area contributed by atoms with Crippen molar-refractivity contribution in [3.8, 4) is 0 Å². The average molecular weight is 254 g/mol. The van der Waals surface area contributed by atoms with E-state index in [0.29, 0.717) is 10.6 Å². The lowest BCUT2D eigenvalue weighted by molar-refractivity contribution is 0.112. The molecule has 92 valence electrons. The van der Waals surface area contributed by atoms with Gasteiger partial charge in [-0.1, -0.05) is 17.7 Å². The summed E-state index contributed by atoms with van der Waals surface area (Å²) in [5.41, 5.74) is 1.36. The Bertz CT molecular complexity index is 408. The molecule has 4 heteroatoms. The van der Waals surface area contributed by atoms with Crippen LogP contribution in [-0.2, 0) is 0 Å². The van der Waals surface area contributed by atoms with E-state index in [1.807, 2.05) is 0 Å². The highest BCUT2D eigenvalue weighted by Crippen LogP contribution is 2.33. The van der Waals surface area contributed by atoms with Crippen molar-refractivity contribution in [1.29, 1.82) is 0 Å². The third kappa shape index (κ3) is 2.45. The van der Waals surface area contributed by atoms with Crippen LogP contribution in [0.25, 0.3) is 0 Å². The molecule has 1 heterocycles. The third-order valence-corrected chi connectivity index (χ3v) is 3.58. The van der Waals surface area contributed by atoms with Crippen molar-refractivity contribution in [2.45, 2.75) is 25.3 Å². The monoisotopic (exact) mass is 253 g/mol. The molecular weight excluding hydrogens is 238 g/mol. The van der Waals surface area contributed by atoms with Crippen LogP contribution in [-0.4, -0.2) is 30.6 Å². The zero-order valence-electron chi connectivity index (χ0n) is 9.60. The van der Waals surface area contributed by atoms with Crippen LogP contribution < -0.4 is 4.90 Å². The Balaban J connectivity index is 2.40. The predicted molar refractivity (Wildman–Crippen MR) is 68.9 cm³/mol. The van der Waals surface area contributed by atoms with Gasteiger partial charge in [0.05, 0.1) is 23.4 Å². The molecule has 1 fully saturated rings. The number of nitrogens with zero attached hydrogens (tertiary/aromatic N) is 1. The molecule has 1 aromatic carbocycles. The van der Waals surface area contributed by atoms with Crippen LogP contribution in [0.15, 0.2) is 18.2 Å². The molecule has 17 heavy (non-hydrogen) atoms. The molecule has 0 bridgehead atoms. The number of benzene rings is 1. The summed E-state index contributed by atoms with van der Waals surface area (Å²) in [5.74, 6) is 0. The molecule has 2 rings (SSSR count). The first-order valence-electron chi connectivity index (χ1n) is 5.89. The zero-order chi connectivity index (χ0) is 12.3. The van der Waals surface area contributed by atoms with Gasteiger partial charge in [0.25, 0.3) is 0 Å². The van der Waals surface area contributed by atoms with Crippen LogP contribution in [0.5, 0.6) is 0 Å². The van der Waals surface area contributed by atoms with Gasteiger partial charge in [0.1, 0.15) is 0 Å². The lowest BCUT2D eigenvalue weighted by Gasteiger charge is -2.37. The number of aldehydes is 1. The van der Waals surface area contributed by atoms with E-state index in [2.05, 4.69) is 4.90 Å². The van der Waals surface area contributed by atoms with Gasteiger partial charge < -0.3 is 10.0 Å². The van der Waals surface area contributed by atoms with E-state index in [1.165, 1.54) is 0 Å². The van der Waals surface area contributed by atoms with Crippen LogP contribution in [0.2, 0.25) is 5.02 Å². The summed E-state index contributed by atoms with van der Waals surface area (Å²) in [6.07, 6.45) is 3.95. The molecule has 1 saturated heterocycles. The summed E-state index contributed by atoms with van der Waals surface area (Å²) in [6, 6.07) is 5.39. The van der Waals surface area contributed by atoms with Gasteiger partial charge in [-0.15, -0.1) is 0 Å². The SMILES string of the molecule is O=Cc1cccc(Cl)c1N1CCCCC1CO. The van der Waals surface area contributed by atoms with Crippen LogP contribution >= 0.6 is 11.6 Å². The highest BCUT2D eigenvalue weighted by atomic mass is 35.5. The average Bonchev–Trinajstić information content (AvgIpc) is 2.38. The van der Waals surface area contributed by atoms with E-state index >= 15 is 0 Å². The number of hydrogen-bond donors (Lipinski definition) is 1. The van der Waals surface area contributed by atoms with E-state index in [-0.39, 0.29) is 12.6 Å². The highest BCUT2D eigenvalue weighted by Gasteiger charge is 2.25. The standard InChI is InChI=1S/C13H16ClNO2/c14-12-6-3-4-10(8-16)13(12)15-7-2-1-5-11(15)9-17/h3-4,6,8,11,17H,1-2,5,7,9H2. The molecule has 0 aromatic heterocycles. The smallest absolute Gasteiger partial charge is 0.152 e. The zero-order valence-corrected chi connectivity index (χ0v) is 10.4.